The molecule has 1 unspecified atom stereocenters. The molecule has 1 aliphatic heterocycles. The quantitative estimate of drug-likeness (QED) is 0.695. The maximum Gasteiger partial charge on any atom is 0.140 e. The predicted octanol–water partition coefficient (Wildman–Crippen LogP) is 4.25. The smallest absolute Gasteiger partial charge is 0.140 e. The van der Waals surface area contributed by atoms with E-state index in [1.165, 1.54) is 11.1 Å². The second-order valence-corrected chi connectivity index (χ2v) is 7.44. The van der Waals surface area contributed by atoms with E-state index in [1.54, 1.807) is 0 Å². The van der Waals surface area contributed by atoms with Crippen LogP contribution in [0.2, 0.25) is 0 Å². The highest BCUT2D eigenvalue weighted by molar-refractivity contribution is 7.74. The van der Waals surface area contributed by atoms with Crippen LogP contribution in [0.15, 0.2) is 60.4 Å². The number of benzene rings is 2. The third-order valence-corrected chi connectivity index (χ3v) is 6.23. The van der Waals surface area contributed by atoms with Crippen LogP contribution < -0.4 is 5.30 Å². The molecular weight excluding hydrogens is 239 g/mol. The van der Waals surface area contributed by atoms with Gasteiger partial charge in [-0.1, -0.05) is 54.6 Å². The zero-order chi connectivity index (χ0) is 12.6. The topological polar surface area (TPSA) is 17.1 Å². The van der Waals surface area contributed by atoms with Crippen molar-refractivity contribution in [2.45, 2.75) is 13.1 Å². The number of rotatable bonds is 1. The standard InChI is InChI=1S/C16H15OP/c1-13-11-18(17,15-8-3-2-4-9-15)12-14-7-5-6-10-16(13)14/h2-11H,12H2,1H3. The lowest BCUT2D eigenvalue weighted by molar-refractivity contribution is 0.586. The number of fused-ring (bicyclic) bond motifs is 1. The molecule has 0 fully saturated rings. The van der Waals surface area contributed by atoms with Gasteiger partial charge in [-0.15, -0.1) is 0 Å². The third kappa shape index (κ3) is 1.85. The minimum absolute atomic E-state index is 0.643. The SMILES string of the molecule is CC1=CP(=O)(c2ccccc2)Cc2ccccc21. The van der Waals surface area contributed by atoms with Gasteiger partial charge in [0.1, 0.15) is 7.14 Å². The zero-order valence-electron chi connectivity index (χ0n) is 10.3. The minimum Gasteiger partial charge on any atom is -0.314 e. The van der Waals surface area contributed by atoms with E-state index in [9.17, 15) is 4.57 Å². The molecule has 0 aliphatic carbocycles. The first kappa shape index (κ1) is 11.5. The van der Waals surface area contributed by atoms with Crippen molar-refractivity contribution < 1.29 is 4.57 Å². The van der Waals surface area contributed by atoms with E-state index in [0.717, 1.165) is 10.9 Å². The molecule has 3 rings (SSSR count). The molecular formula is C16H15OP. The molecule has 0 N–H and O–H groups in total. The summed E-state index contributed by atoms with van der Waals surface area (Å²) in [6, 6.07) is 18.1. The first-order valence-corrected chi connectivity index (χ1v) is 8.07. The van der Waals surface area contributed by atoms with Crippen LogP contribution in [0, 0.1) is 0 Å². The molecule has 0 bridgehead atoms. The molecule has 0 spiro atoms. The van der Waals surface area contributed by atoms with E-state index in [0.29, 0.717) is 6.16 Å². The molecule has 2 heteroatoms. The van der Waals surface area contributed by atoms with Crippen LogP contribution in [0.4, 0.5) is 0 Å². The minimum atomic E-state index is -2.42. The lowest BCUT2D eigenvalue weighted by atomic mass is 10.0. The van der Waals surface area contributed by atoms with Crippen molar-refractivity contribution in [3.05, 3.63) is 71.5 Å². The Balaban J connectivity index is 2.14. The molecule has 1 atom stereocenters. The first-order valence-electron chi connectivity index (χ1n) is 6.11. The van der Waals surface area contributed by atoms with Gasteiger partial charge in [-0.2, -0.15) is 0 Å². The fourth-order valence-corrected chi connectivity index (χ4v) is 5.22. The number of hydrogen-bond acceptors (Lipinski definition) is 1. The number of allylic oxidation sites excluding steroid dienone is 1. The van der Waals surface area contributed by atoms with Crippen LogP contribution in [0.5, 0.6) is 0 Å². The Labute approximate surface area is 108 Å². The maximum atomic E-state index is 13.1. The van der Waals surface area contributed by atoms with Gasteiger partial charge in [0.25, 0.3) is 0 Å². The molecule has 1 heterocycles. The summed E-state index contributed by atoms with van der Waals surface area (Å²) in [6.45, 7) is 2.05. The summed E-state index contributed by atoms with van der Waals surface area (Å²) < 4.78 is 13.1. The van der Waals surface area contributed by atoms with E-state index >= 15 is 0 Å². The van der Waals surface area contributed by atoms with Gasteiger partial charge < -0.3 is 4.57 Å². The fourth-order valence-electron chi connectivity index (χ4n) is 2.57. The second kappa shape index (κ2) is 4.26. The van der Waals surface area contributed by atoms with Crippen LogP contribution >= 0.6 is 7.14 Å². The number of hydrogen-bond donors (Lipinski definition) is 0. The van der Waals surface area contributed by atoms with Crippen molar-refractivity contribution in [3.8, 4) is 0 Å². The normalized spacial score (nSPS) is 22.2. The molecule has 2 aromatic rings. The van der Waals surface area contributed by atoms with Gasteiger partial charge in [0.05, 0.1) is 0 Å². The van der Waals surface area contributed by atoms with Gasteiger partial charge in [-0.25, -0.2) is 0 Å². The molecule has 1 nitrogen and oxygen atoms in total. The Kier molecular flexibility index (Phi) is 2.72. The van der Waals surface area contributed by atoms with Gasteiger partial charge in [0, 0.05) is 11.5 Å². The predicted molar refractivity (Wildman–Crippen MR) is 77.5 cm³/mol. The van der Waals surface area contributed by atoms with Gasteiger partial charge in [-0.3, -0.25) is 0 Å². The molecule has 18 heavy (non-hydrogen) atoms. The largest absolute Gasteiger partial charge is 0.314 e. The summed E-state index contributed by atoms with van der Waals surface area (Å²) in [7, 11) is -2.42. The van der Waals surface area contributed by atoms with Gasteiger partial charge in [-0.05, 0) is 29.4 Å². The lowest BCUT2D eigenvalue weighted by Crippen LogP contribution is -2.09. The van der Waals surface area contributed by atoms with E-state index in [4.69, 9.17) is 0 Å². The second-order valence-electron chi connectivity index (χ2n) is 4.76. The van der Waals surface area contributed by atoms with Crippen LogP contribution in [-0.4, -0.2) is 0 Å². The summed E-state index contributed by atoms with van der Waals surface area (Å²) >= 11 is 0. The Morgan fingerprint density at radius 3 is 2.39 bits per heavy atom. The zero-order valence-corrected chi connectivity index (χ0v) is 11.2. The monoisotopic (exact) mass is 254 g/mol. The van der Waals surface area contributed by atoms with Crippen LogP contribution in [0.3, 0.4) is 0 Å². The van der Waals surface area contributed by atoms with Crippen LogP contribution in [0.25, 0.3) is 5.57 Å². The Morgan fingerprint density at radius 2 is 1.61 bits per heavy atom. The van der Waals surface area contributed by atoms with Gasteiger partial charge >= 0.3 is 0 Å². The molecule has 90 valence electrons. The molecule has 0 saturated carbocycles. The average Bonchev–Trinajstić information content (AvgIpc) is 2.40. The third-order valence-electron chi connectivity index (χ3n) is 3.44. The molecule has 1 aliphatic rings. The van der Waals surface area contributed by atoms with Crippen molar-refractivity contribution >= 4 is 18.0 Å². The summed E-state index contributed by atoms with van der Waals surface area (Å²) in [6.07, 6.45) is 0.643. The fraction of sp³-hybridized carbons (Fsp3) is 0.125. The van der Waals surface area contributed by atoms with E-state index in [1.807, 2.05) is 55.2 Å². The summed E-state index contributed by atoms with van der Waals surface area (Å²) in [5.74, 6) is 1.98. The van der Waals surface area contributed by atoms with E-state index in [-0.39, 0.29) is 0 Å². The average molecular weight is 254 g/mol. The molecule has 0 amide bonds. The van der Waals surface area contributed by atoms with E-state index in [2.05, 4.69) is 12.1 Å². The molecule has 2 aromatic carbocycles. The van der Waals surface area contributed by atoms with Crippen molar-refractivity contribution in [1.29, 1.82) is 0 Å². The highest BCUT2D eigenvalue weighted by Crippen LogP contribution is 2.55. The van der Waals surface area contributed by atoms with Crippen LogP contribution in [-0.2, 0) is 10.7 Å². The summed E-state index contributed by atoms with van der Waals surface area (Å²) in [4.78, 5) is 0. The first-order chi connectivity index (χ1) is 8.69. The van der Waals surface area contributed by atoms with Gasteiger partial charge in [0.2, 0.25) is 0 Å². The van der Waals surface area contributed by atoms with Crippen LogP contribution in [0.1, 0.15) is 18.1 Å². The highest BCUT2D eigenvalue weighted by Gasteiger charge is 2.27. The van der Waals surface area contributed by atoms with Gasteiger partial charge in [0.15, 0.2) is 0 Å². The summed E-state index contributed by atoms with van der Waals surface area (Å²) in [5.41, 5.74) is 3.56. The van der Waals surface area contributed by atoms with E-state index < -0.39 is 7.14 Å². The Morgan fingerprint density at radius 1 is 0.944 bits per heavy atom. The van der Waals surface area contributed by atoms with Crippen molar-refractivity contribution in [2.24, 2.45) is 0 Å². The highest BCUT2D eigenvalue weighted by atomic mass is 31.2. The van der Waals surface area contributed by atoms with Crippen molar-refractivity contribution in [2.75, 3.05) is 0 Å². The molecule has 0 aromatic heterocycles. The van der Waals surface area contributed by atoms with Crippen molar-refractivity contribution in [1.82, 2.24) is 0 Å². The summed E-state index contributed by atoms with van der Waals surface area (Å²) in [5, 5.41) is 0.957. The molecule has 0 radical (unpaired) electrons. The molecule has 0 saturated heterocycles. The maximum absolute atomic E-state index is 13.1. The van der Waals surface area contributed by atoms with Crippen molar-refractivity contribution in [3.63, 3.8) is 0 Å². The Bertz CT molecular complexity index is 656. The Hall–Kier alpha value is -1.59. The lowest BCUT2D eigenvalue weighted by Gasteiger charge is -2.23.